The predicted octanol–water partition coefficient (Wildman–Crippen LogP) is 2.84. The van der Waals surface area contributed by atoms with E-state index >= 15 is 0 Å². The molecule has 0 aliphatic rings. The van der Waals surface area contributed by atoms with Gasteiger partial charge in [-0.1, -0.05) is 17.7 Å². The lowest BCUT2D eigenvalue weighted by Crippen LogP contribution is -2.25. The molecule has 0 aliphatic carbocycles. The molecule has 0 aliphatic heterocycles. The number of nitrogens with one attached hydrogen (secondary N) is 2. The molecule has 110 valence electrons. The maximum atomic E-state index is 13.8. The van der Waals surface area contributed by atoms with Crippen LogP contribution in [0.2, 0.25) is 5.02 Å². The summed E-state index contributed by atoms with van der Waals surface area (Å²) in [7, 11) is 1.35. The summed E-state index contributed by atoms with van der Waals surface area (Å²) in [4.78, 5) is 16.5. The molecule has 7 heteroatoms. The molecule has 2 N–H and O–H groups in total. The Morgan fingerprint density at radius 3 is 2.75 bits per heavy atom. The number of rotatable bonds is 6. The average molecular weight is 303 g/mol. The van der Waals surface area contributed by atoms with Crippen LogP contribution in [0, 0.1) is 5.82 Å². The third kappa shape index (κ3) is 4.11. The number of carbonyl (C=O) groups is 1. The Kier molecular flexibility index (Phi) is 6.27. The number of anilines is 1. The Hall–Kier alpha value is -1.79. The van der Waals surface area contributed by atoms with Crippen molar-refractivity contribution in [2.75, 3.05) is 19.0 Å². The second-order valence-electron chi connectivity index (χ2n) is 3.75. The molecule has 0 spiro atoms. The molecule has 0 fully saturated rings. The summed E-state index contributed by atoms with van der Waals surface area (Å²) in [6.45, 7) is 3.48. The molecule has 1 aromatic rings. The first-order chi connectivity index (χ1) is 9.51. The molecule has 1 rings (SSSR count). The van der Waals surface area contributed by atoms with Gasteiger partial charge in [0, 0.05) is 5.70 Å². The maximum Gasteiger partial charge on any atom is 0.358 e. The molecule has 0 radical (unpaired) electrons. The Bertz CT molecular complexity index is 520. The standard InChI is InChI=1S/C13H16ClFN2O3/c1-4-20-13(18)12(17-19-3)8(2)16-10-7-5-6-9(14)11(10)15/h5-7,16-17H,4H2,1-3H3/b12-8-. The highest BCUT2D eigenvalue weighted by molar-refractivity contribution is 6.31. The molecule has 1 aromatic carbocycles. The second-order valence-corrected chi connectivity index (χ2v) is 4.16. The van der Waals surface area contributed by atoms with Crippen LogP contribution in [0.4, 0.5) is 10.1 Å². The molecular weight excluding hydrogens is 287 g/mol. The summed E-state index contributed by atoms with van der Waals surface area (Å²) in [5.74, 6) is -1.21. The highest BCUT2D eigenvalue weighted by atomic mass is 35.5. The minimum absolute atomic E-state index is 0.0137. The topological polar surface area (TPSA) is 59.6 Å². The van der Waals surface area contributed by atoms with Gasteiger partial charge in [-0.25, -0.2) is 9.18 Å². The minimum atomic E-state index is -0.609. The van der Waals surface area contributed by atoms with Gasteiger partial charge in [0.15, 0.2) is 11.5 Å². The lowest BCUT2D eigenvalue weighted by Gasteiger charge is -2.14. The SMILES string of the molecule is CCOC(=O)/C(NOC)=C(\C)Nc1cccc(Cl)c1F. The van der Waals surface area contributed by atoms with E-state index in [1.165, 1.54) is 19.2 Å². The molecule has 20 heavy (non-hydrogen) atoms. The lowest BCUT2D eigenvalue weighted by atomic mass is 10.2. The summed E-state index contributed by atoms with van der Waals surface area (Å²) in [6, 6.07) is 4.52. The Labute approximate surface area is 121 Å². The zero-order valence-corrected chi connectivity index (χ0v) is 12.2. The van der Waals surface area contributed by atoms with Crippen molar-refractivity contribution in [1.82, 2.24) is 5.48 Å². The zero-order chi connectivity index (χ0) is 15.1. The fourth-order valence-electron chi connectivity index (χ4n) is 1.44. The van der Waals surface area contributed by atoms with Crippen molar-refractivity contribution in [3.8, 4) is 0 Å². The van der Waals surface area contributed by atoms with Gasteiger partial charge < -0.3 is 10.1 Å². The van der Waals surface area contributed by atoms with Gasteiger partial charge in [-0.2, -0.15) is 0 Å². The van der Waals surface area contributed by atoms with Crippen LogP contribution in [0.3, 0.4) is 0 Å². The first-order valence-corrected chi connectivity index (χ1v) is 6.27. The minimum Gasteiger partial charge on any atom is -0.461 e. The number of halogens is 2. The summed E-state index contributed by atoms with van der Waals surface area (Å²) >= 11 is 5.69. The van der Waals surface area contributed by atoms with E-state index in [1.807, 2.05) is 0 Å². The molecule has 0 heterocycles. The molecular formula is C13H16ClFN2O3. The highest BCUT2D eigenvalue weighted by Gasteiger charge is 2.16. The number of allylic oxidation sites excluding steroid dienone is 1. The van der Waals surface area contributed by atoms with Gasteiger partial charge in [0.05, 0.1) is 24.4 Å². The third-order valence-corrected chi connectivity index (χ3v) is 2.62. The molecule has 0 unspecified atom stereocenters. The van der Waals surface area contributed by atoms with Gasteiger partial charge in [-0.05, 0) is 26.0 Å². The van der Waals surface area contributed by atoms with Gasteiger partial charge in [-0.3, -0.25) is 10.3 Å². The number of carbonyl (C=O) groups excluding carboxylic acids is 1. The van der Waals surface area contributed by atoms with E-state index in [0.29, 0.717) is 5.70 Å². The van der Waals surface area contributed by atoms with Crippen molar-refractivity contribution in [3.05, 3.63) is 40.4 Å². The smallest absolute Gasteiger partial charge is 0.358 e. The van der Waals surface area contributed by atoms with Gasteiger partial charge in [-0.15, -0.1) is 0 Å². The highest BCUT2D eigenvalue weighted by Crippen LogP contribution is 2.23. The second kappa shape index (κ2) is 7.72. The van der Waals surface area contributed by atoms with E-state index in [9.17, 15) is 9.18 Å². The van der Waals surface area contributed by atoms with E-state index in [2.05, 4.69) is 10.8 Å². The van der Waals surface area contributed by atoms with Gasteiger partial charge in [0.1, 0.15) is 0 Å². The predicted molar refractivity (Wildman–Crippen MR) is 74.5 cm³/mol. The van der Waals surface area contributed by atoms with Gasteiger partial charge in [0.2, 0.25) is 0 Å². The summed E-state index contributed by atoms with van der Waals surface area (Å²) in [5.41, 5.74) is 2.95. The summed E-state index contributed by atoms with van der Waals surface area (Å²) < 4.78 is 18.6. The van der Waals surface area contributed by atoms with E-state index in [1.54, 1.807) is 19.9 Å². The van der Waals surface area contributed by atoms with E-state index in [4.69, 9.17) is 21.2 Å². The van der Waals surface area contributed by atoms with Crippen LogP contribution in [0.15, 0.2) is 29.6 Å². The monoisotopic (exact) mass is 302 g/mol. The van der Waals surface area contributed by atoms with Crippen LogP contribution in [0.1, 0.15) is 13.8 Å². The number of esters is 1. The number of hydrogen-bond donors (Lipinski definition) is 2. The molecule has 0 saturated carbocycles. The van der Waals surface area contributed by atoms with Crippen LogP contribution in [0.5, 0.6) is 0 Å². The summed E-state index contributed by atoms with van der Waals surface area (Å²) in [5, 5.41) is 2.74. The van der Waals surface area contributed by atoms with Crippen molar-refractivity contribution < 1.29 is 18.8 Å². The first kappa shape index (κ1) is 16.3. The molecule has 5 nitrogen and oxygen atoms in total. The molecule has 0 saturated heterocycles. The fraction of sp³-hybridized carbons (Fsp3) is 0.308. The van der Waals surface area contributed by atoms with Crippen LogP contribution in [-0.2, 0) is 14.4 Å². The Balaban J connectivity index is 3.04. The first-order valence-electron chi connectivity index (χ1n) is 5.89. The summed E-state index contributed by atoms with van der Waals surface area (Å²) in [6.07, 6.45) is 0. The van der Waals surface area contributed by atoms with Crippen LogP contribution < -0.4 is 10.8 Å². The number of hydroxylamine groups is 1. The number of ether oxygens (including phenoxy) is 1. The van der Waals surface area contributed by atoms with Crippen molar-refractivity contribution in [2.45, 2.75) is 13.8 Å². The molecule has 0 amide bonds. The van der Waals surface area contributed by atoms with E-state index in [-0.39, 0.29) is 23.0 Å². The average Bonchev–Trinajstić information content (AvgIpc) is 2.41. The largest absolute Gasteiger partial charge is 0.461 e. The van der Waals surface area contributed by atoms with Crippen molar-refractivity contribution in [2.24, 2.45) is 0 Å². The van der Waals surface area contributed by atoms with Crippen molar-refractivity contribution >= 4 is 23.3 Å². The quantitative estimate of drug-likeness (QED) is 0.481. The van der Waals surface area contributed by atoms with Crippen molar-refractivity contribution in [3.63, 3.8) is 0 Å². The third-order valence-electron chi connectivity index (χ3n) is 2.33. The molecule has 0 atom stereocenters. The zero-order valence-electron chi connectivity index (χ0n) is 11.4. The number of benzene rings is 1. The normalized spacial score (nSPS) is 11.7. The number of hydrogen-bond acceptors (Lipinski definition) is 5. The van der Waals surface area contributed by atoms with Crippen LogP contribution >= 0.6 is 11.6 Å². The Morgan fingerprint density at radius 2 is 2.15 bits per heavy atom. The van der Waals surface area contributed by atoms with E-state index < -0.39 is 11.8 Å². The molecule has 0 aromatic heterocycles. The van der Waals surface area contributed by atoms with Gasteiger partial charge in [0.25, 0.3) is 0 Å². The Morgan fingerprint density at radius 1 is 1.45 bits per heavy atom. The van der Waals surface area contributed by atoms with E-state index in [0.717, 1.165) is 0 Å². The maximum absolute atomic E-state index is 13.8. The van der Waals surface area contributed by atoms with Crippen LogP contribution in [-0.4, -0.2) is 19.7 Å². The van der Waals surface area contributed by atoms with Gasteiger partial charge >= 0.3 is 5.97 Å². The lowest BCUT2D eigenvalue weighted by molar-refractivity contribution is -0.140. The van der Waals surface area contributed by atoms with Crippen molar-refractivity contribution in [1.29, 1.82) is 0 Å². The fourth-order valence-corrected chi connectivity index (χ4v) is 1.62. The molecule has 0 bridgehead atoms. The van der Waals surface area contributed by atoms with Crippen LogP contribution in [0.25, 0.3) is 0 Å².